The van der Waals surface area contributed by atoms with Gasteiger partial charge in [-0.2, -0.15) is 0 Å². The Bertz CT molecular complexity index is 1010. The molecular weight excluding hydrogens is 471 g/mol. The topological polar surface area (TPSA) is 84.5 Å². The number of amides is 1. The molecule has 1 amide bonds. The molecule has 3 rings (SSSR count). The summed E-state index contributed by atoms with van der Waals surface area (Å²) in [6.45, 7) is -0.289. The van der Waals surface area contributed by atoms with E-state index in [1.165, 1.54) is 36.4 Å². The van der Waals surface area contributed by atoms with Gasteiger partial charge in [0.1, 0.15) is 5.75 Å². The number of carbonyl (C=O) groups is 1. The summed E-state index contributed by atoms with van der Waals surface area (Å²) in [7, 11) is -3.58. The summed E-state index contributed by atoms with van der Waals surface area (Å²) in [5.41, 5.74) is 0.315. The first-order valence-electron chi connectivity index (χ1n) is 9.44. The number of sulfonamides is 1. The average Bonchev–Trinajstić information content (AvgIpc) is 2.71. The van der Waals surface area contributed by atoms with Gasteiger partial charge in [-0.15, -0.1) is 0 Å². The van der Waals surface area contributed by atoms with E-state index in [1.807, 2.05) is 0 Å². The molecule has 0 spiro atoms. The lowest BCUT2D eigenvalue weighted by Crippen LogP contribution is -2.36. The zero-order valence-corrected chi connectivity index (χ0v) is 19.0. The standard InChI is InChI=1S/C20H21Cl3N2O4S/c21-16-10-18(23)19(11-17(16)22)24-20(26)12-29-14-6-8-15(9-7-14)30(27,28)25-13-4-2-1-3-5-13/h6-11,13,25H,1-5,12H2,(H,24,26). The monoisotopic (exact) mass is 490 g/mol. The lowest BCUT2D eigenvalue weighted by Gasteiger charge is -2.22. The van der Waals surface area contributed by atoms with Crippen LogP contribution < -0.4 is 14.8 Å². The van der Waals surface area contributed by atoms with Crippen molar-refractivity contribution < 1.29 is 17.9 Å². The van der Waals surface area contributed by atoms with Crippen molar-refractivity contribution in [3.8, 4) is 5.75 Å². The lowest BCUT2D eigenvalue weighted by atomic mass is 9.96. The van der Waals surface area contributed by atoms with Crippen LogP contribution in [-0.2, 0) is 14.8 Å². The van der Waals surface area contributed by atoms with E-state index in [0.29, 0.717) is 11.4 Å². The molecule has 1 aliphatic carbocycles. The number of anilines is 1. The van der Waals surface area contributed by atoms with Crippen molar-refractivity contribution in [2.45, 2.75) is 43.0 Å². The highest BCUT2D eigenvalue weighted by Crippen LogP contribution is 2.32. The Hall–Kier alpha value is -1.51. The summed E-state index contributed by atoms with van der Waals surface area (Å²) in [5.74, 6) is -0.0899. The van der Waals surface area contributed by atoms with Crippen molar-refractivity contribution in [3.05, 3.63) is 51.5 Å². The highest BCUT2D eigenvalue weighted by Gasteiger charge is 2.21. The van der Waals surface area contributed by atoms with Gasteiger partial charge in [-0.1, -0.05) is 54.1 Å². The van der Waals surface area contributed by atoms with Crippen molar-refractivity contribution in [1.82, 2.24) is 4.72 Å². The molecule has 0 unspecified atom stereocenters. The zero-order chi connectivity index (χ0) is 21.7. The van der Waals surface area contributed by atoms with Crippen LogP contribution in [0, 0.1) is 0 Å². The van der Waals surface area contributed by atoms with Gasteiger partial charge in [0.25, 0.3) is 5.91 Å². The first-order valence-corrected chi connectivity index (χ1v) is 12.1. The van der Waals surface area contributed by atoms with Gasteiger partial charge in [0.2, 0.25) is 10.0 Å². The van der Waals surface area contributed by atoms with Crippen molar-refractivity contribution in [2.75, 3.05) is 11.9 Å². The summed E-state index contributed by atoms with van der Waals surface area (Å²) in [4.78, 5) is 12.3. The predicted molar refractivity (Wildman–Crippen MR) is 119 cm³/mol. The van der Waals surface area contributed by atoms with Crippen LogP contribution >= 0.6 is 34.8 Å². The normalized spacial score (nSPS) is 15.0. The maximum atomic E-state index is 12.5. The molecule has 1 aliphatic rings. The number of hydrogen-bond donors (Lipinski definition) is 2. The Balaban J connectivity index is 1.55. The number of halogens is 3. The van der Waals surface area contributed by atoms with Crippen LogP contribution in [0.25, 0.3) is 0 Å². The Morgan fingerprint density at radius 1 is 0.967 bits per heavy atom. The molecule has 10 heteroatoms. The maximum Gasteiger partial charge on any atom is 0.262 e. The fraction of sp³-hybridized carbons (Fsp3) is 0.350. The first kappa shape index (κ1) is 23.2. The van der Waals surface area contributed by atoms with Crippen LogP contribution in [0.3, 0.4) is 0 Å². The molecule has 6 nitrogen and oxygen atoms in total. The molecule has 2 aromatic rings. The Morgan fingerprint density at radius 3 is 2.27 bits per heavy atom. The van der Waals surface area contributed by atoms with E-state index in [2.05, 4.69) is 10.0 Å². The van der Waals surface area contributed by atoms with Crippen LogP contribution in [0.4, 0.5) is 5.69 Å². The summed E-state index contributed by atoms with van der Waals surface area (Å²) >= 11 is 17.8. The maximum absolute atomic E-state index is 12.5. The number of benzene rings is 2. The van der Waals surface area contributed by atoms with E-state index >= 15 is 0 Å². The molecule has 1 fully saturated rings. The second-order valence-electron chi connectivity index (χ2n) is 7.01. The van der Waals surface area contributed by atoms with Gasteiger partial charge in [0, 0.05) is 6.04 Å². The number of carbonyl (C=O) groups excluding carboxylic acids is 1. The number of hydrogen-bond acceptors (Lipinski definition) is 4. The lowest BCUT2D eigenvalue weighted by molar-refractivity contribution is -0.118. The smallest absolute Gasteiger partial charge is 0.262 e. The minimum absolute atomic E-state index is 0.0171. The zero-order valence-electron chi connectivity index (χ0n) is 16.0. The molecule has 30 heavy (non-hydrogen) atoms. The second-order valence-corrected chi connectivity index (χ2v) is 9.95. The molecular formula is C20H21Cl3N2O4S. The van der Waals surface area contributed by atoms with Gasteiger partial charge in [-0.25, -0.2) is 13.1 Å². The third-order valence-electron chi connectivity index (χ3n) is 4.72. The molecule has 1 saturated carbocycles. The molecule has 2 aromatic carbocycles. The summed E-state index contributed by atoms with van der Waals surface area (Å²) in [5, 5.41) is 3.37. The van der Waals surface area contributed by atoms with Crippen LogP contribution in [0.5, 0.6) is 5.75 Å². The summed E-state index contributed by atoms with van der Waals surface area (Å²) < 4.78 is 33.2. The molecule has 0 aromatic heterocycles. The third kappa shape index (κ3) is 6.25. The van der Waals surface area contributed by atoms with Crippen molar-refractivity contribution in [2.24, 2.45) is 0 Å². The molecule has 2 N–H and O–H groups in total. The fourth-order valence-electron chi connectivity index (χ4n) is 3.18. The van der Waals surface area contributed by atoms with E-state index in [9.17, 15) is 13.2 Å². The Labute approximate surface area is 190 Å². The predicted octanol–water partition coefficient (Wildman–Crippen LogP) is 5.28. The summed E-state index contributed by atoms with van der Waals surface area (Å²) in [6.07, 6.45) is 4.94. The quantitative estimate of drug-likeness (QED) is 0.516. The van der Waals surface area contributed by atoms with Gasteiger partial charge in [-0.3, -0.25) is 4.79 Å². The van der Waals surface area contributed by atoms with Crippen LogP contribution in [0.2, 0.25) is 15.1 Å². The van der Waals surface area contributed by atoms with Gasteiger partial charge in [0.15, 0.2) is 6.61 Å². The molecule has 0 aliphatic heterocycles. The van der Waals surface area contributed by atoms with Crippen molar-refractivity contribution >= 4 is 56.4 Å². The molecule has 0 heterocycles. The minimum Gasteiger partial charge on any atom is -0.484 e. The largest absolute Gasteiger partial charge is 0.484 e. The van der Waals surface area contributed by atoms with Crippen LogP contribution in [0.15, 0.2) is 41.3 Å². The molecule has 0 radical (unpaired) electrons. The van der Waals surface area contributed by atoms with Crippen LogP contribution in [0.1, 0.15) is 32.1 Å². The number of ether oxygens (including phenoxy) is 1. The average molecular weight is 492 g/mol. The molecule has 0 bridgehead atoms. The SMILES string of the molecule is O=C(COc1ccc(S(=O)(=O)NC2CCCCC2)cc1)Nc1cc(Cl)c(Cl)cc1Cl. The second kappa shape index (κ2) is 10.2. The molecule has 162 valence electrons. The van der Waals surface area contributed by atoms with Crippen LogP contribution in [-0.4, -0.2) is 27.0 Å². The van der Waals surface area contributed by atoms with Gasteiger partial charge in [-0.05, 0) is 49.2 Å². The molecule has 0 saturated heterocycles. The van der Waals surface area contributed by atoms with E-state index in [1.54, 1.807) is 0 Å². The summed E-state index contributed by atoms with van der Waals surface area (Å²) in [6, 6.07) is 8.79. The first-order chi connectivity index (χ1) is 14.2. The van der Waals surface area contributed by atoms with Gasteiger partial charge >= 0.3 is 0 Å². The highest BCUT2D eigenvalue weighted by molar-refractivity contribution is 7.89. The van der Waals surface area contributed by atoms with Gasteiger partial charge in [0.05, 0.1) is 25.7 Å². The number of nitrogens with one attached hydrogen (secondary N) is 2. The Kier molecular flexibility index (Phi) is 7.87. The minimum atomic E-state index is -3.58. The van der Waals surface area contributed by atoms with E-state index < -0.39 is 15.9 Å². The third-order valence-corrected chi connectivity index (χ3v) is 7.29. The Morgan fingerprint density at radius 2 is 1.60 bits per heavy atom. The van der Waals surface area contributed by atoms with Crippen molar-refractivity contribution in [3.63, 3.8) is 0 Å². The van der Waals surface area contributed by atoms with E-state index in [0.717, 1.165) is 32.1 Å². The molecule has 0 atom stereocenters. The van der Waals surface area contributed by atoms with E-state index in [-0.39, 0.29) is 32.6 Å². The van der Waals surface area contributed by atoms with E-state index in [4.69, 9.17) is 39.5 Å². The van der Waals surface area contributed by atoms with Gasteiger partial charge < -0.3 is 10.1 Å². The van der Waals surface area contributed by atoms with Crippen molar-refractivity contribution in [1.29, 1.82) is 0 Å². The fourth-order valence-corrected chi connectivity index (χ4v) is 5.08. The number of rotatable bonds is 7. The highest BCUT2D eigenvalue weighted by atomic mass is 35.5.